The molecule has 0 amide bonds. The molecule has 0 fully saturated rings. The Hall–Kier alpha value is -4.45. The highest BCUT2D eigenvalue weighted by atomic mass is 16.6. The zero-order valence-electron chi connectivity index (χ0n) is 47.1. The van der Waals surface area contributed by atoms with Crippen LogP contribution in [0.4, 0.5) is 0 Å². The Morgan fingerprint density at radius 3 is 0.918 bits per heavy atom. The van der Waals surface area contributed by atoms with Crippen molar-refractivity contribution in [3.8, 4) is 0 Å². The summed E-state index contributed by atoms with van der Waals surface area (Å²) < 4.78 is 16.8. The van der Waals surface area contributed by atoms with E-state index in [1.54, 1.807) is 0 Å². The summed E-state index contributed by atoms with van der Waals surface area (Å²) in [6, 6.07) is 0. The van der Waals surface area contributed by atoms with Crippen LogP contribution < -0.4 is 0 Å². The van der Waals surface area contributed by atoms with Gasteiger partial charge in [0.05, 0.1) is 0 Å². The van der Waals surface area contributed by atoms with E-state index in [1.807, 2.05) is 6.08 Å². The molecule has 0 aliphatic rings. The van der Waals surface area contributed by atoms with Crippen LogP contribution in [0, 0.1) is 0 Å². The minimum atomic E-state index is -0.825. The van der Waals surface area contributed by atoms with Crippen LogP contribution in [0.15, 0.2) is 134 Å². The molecule has 0 spiro atoms. The summed E-state index contributed by atoms with van der Waals surface area (Å²) >= 11 is 0. The van der Waals surface area contributed by atoms with Crippen LogP contribution in [0.1, 0.15) is 252 Å². The number of unbranched alkanes of at least 4 members (excludes halogenated alkanes) is 19. The maximum absolute atomic E-state index is 12.9. The molecule has 73 heavy (non-hydrogen) atoms. The van der Waals surface area contributed by atoms with Crippen LogP contribution in [0.2, 0.25) is 0 Å². The summed E-state index contributed by atoms with van der Waals surface area (Å²) in [4.78, 5) is 38.2. The van der Waals surface area contributed by atoms with Crippen molar-refractivity contribution in [3.05, 3.63) is 134 Å². The second kappa shape index (κ2) is 60.1. The van der Waals surface area contributed by atoms with E-state index in [2.05, 4.69) is 148 Å². The van der Waals surface area contributed by atoms with E-state index in [1.165, 1.54) is 89.9 Å². The Bertz CT molecular complexity index is 1580. The van der Waals surface area contributed by atoms with E-state index in [0.29, 0.717) is 19.3 Å². The van der Waals surface area contributed by atoms with Gasteiger partial charge in [0.25, 0.3) is 0 Å². The SMILES string of the molecule is CC/C=C\C/C=C\C/C=C\C/C=C\C/C=C\C/C=C\CCC(=O)OCC(COC(=O)CCCCCCCCC/C=C\C/C=C\CCCCC)OC(=O)CCCCCCCC/C=C\C/C=C\C/C=C\CCCCC. The first-order valence-corrected chi connectivity index (χ1v) is 29.7. The van der Waals surface area contributed by atoms with Gasteiger partial charge in [-0.25, -0.2) is 0 Å². The molecule has 0 aromatic carbocycles. The largest absolute Gasteiger partial charge is 0.462 e. The van der Waals surface area contributed by atoms with Crippen molar-refractivity contribution >= 4 is 17.9 Å². The van der Waals surface area contributed by atoms with Gasteiger partial charge < -0.3 is 14.2 Å². The molecule has 0 heterocycles. The highest BCUT2D eigenvalue weighted by Crippen LogP contribution is 2.14. The van der Waals surface area contributed by atoms with Gasteiger partial charge >= 0.3 is 17.9 Å². The first kappa shape index (κ1) is 68.6. The average molecular weight is 1010 g/mol. The molecule has 1 atom stereocenters. The maximum atomic E-state index is 12.9. The molecule has 0 aliphatic heterocycles. The van der Waals surface area contributed by atoms with Crippen LogP contribution >= 0.6 is 0 Å². The number of carbonyl (C=O) groups is 3. The Morgan fingerprint density at radius 1 is 0.288 bits per heavy atom. The van der Waals surface area contributed by atoms with Crippen LogP contribution in [0.25, 0.3) is 0 Å². The number of hydrogen-bond donors (Lipinski definition) is 0. The molecule has 412 valence electrons. The number of ether oxygens (including phenoxy) is 3. The molecule has 0 saturated carbocycles. The number of carbonyl (C=O) groups excluding carboxylic acids is 3. The van der Waals surface area contributed by atoms with Crippen molar-refractivity contribution in [1.29, 1.82) is 0 Å². The summed E-state index contributed by atoms with van der Waals surface area (Å²) in [6.07, 6.45) is 84.5. The van der Waals surface area contributed by atoms with Gasteiger partial charge in [0.2, 0.25) is 0 Å². The Balaban J connectivity index is 4.56. The van der Waals surface area contributed by atoms with Gasteiger partial charge in [-0.05, 0) is 128 Å². The van der Waals surface area contributed by atoms with E-state index in [0.717, 1.165) is 116 Å². The average Bonchev–Trinajstić information content (AvgIpc) is 3.39. The molecule has 0 bridgehead atoms. The van der Waals surface area contributed by atoms with E-state index >= 15 is 0 Å². The maximum Gasteiger partial charge on any atom is 0.306 e. The van der Waals surface area contributed by atoms with Crippen molar-refractivity contribution in [1.82, 2.24) is 0 Å². The zero-order chi connectivity index (χ0) is 52.9. The van der Waals surface area contributed by atoms with Gasteiger partial charge in [-0.3, -0.25) is 14.4 Å². The smallest absolute Gasteiger partial charge is 0.306 e. The molecule has 0 rings (SSSR count). The van der Waals surface area contributed by atoms with E-state index < -0.39 is 6.10 Å². The van der Waals surface area contributed by atoms with Gasteiger partial charge in [-0.15, -0.1) is 0 Å². The lowest BCUT2D eigenvalue weighted by Crippen LogP contribution is -2.30. The minimum Gasteiger partial charge on any atom is -0.462 e. The van der Waals surface area contributed by atoms with Gasteiger partial charge in [0.15, 0.2) is 6.10 Å². The molecular formula is C67H108O6. The third kappa shape index (κ3) is 58.3. The van der Waals surface area contributed by atoms with E-state index in [-0.39, 0.29) is 37.5 Å². The fourth-order valence-corrected chi connectivity index (χ4v) is 7.68. The Kier molecular flexibility index (Phi) is 56.4. The summed E-state index contributed by atoms with van der Waals surface area (Å²) in [5.74, 6) is -1.02. The van der Waals surface area contributed by atoms with Crippen LogP contribution in [0.5, 0.6) is 0 Å². The molecule has 6 nitrogen and oxygen atoms in total. The lowest BCUT2D eigenvalue weighted by molar-refractivity contribution is -0.166. The third-order valence-electron chi connectivity index (χ3n) is 12.1. The summed E-state index contributed by atoms with van der Waals surface area (Å²) in [5.41, 5.74) is 0. The standard InChI is InChI=1S/C67H108O6/c1-4-7-10-13-16-19-22-25-28-31-33-36-39-42-45-48-51-54-57-60-66(69)72-63-64(62-71-65(68)59-56-53-50-47-44-41-38-35-30-27-24-21-18-15-12-9-6-3)73-67(70)61-58-55-52-49-46-43-40-37-34-32-29-26-23-20-17-14-11-8-5-2/h7,10,16-21,25-30,33-34,36-37,42,45,51,54,64H,4-6,8-9,11-15,22-24,31-32,35,38-41,43-44,46-50,52-53,55-63H2,1-3H3/b10-7-,19-16-,20-17-,21-18-,28-25-,29-26-,30-27-,36-33-,37-34-,45-42-,54-51-. The quantitative estimate of drug-likeness (QED) is 0.0261. The summed E-state index contributed by atoms with van der Waals surface area (Å²) in [6.45, 7) is 6.39. The van der Waals surface area contributed by atoms with Crippen molar-refractivity contribution in [2.45, 2.75) is 258 Å². The van der Waals surface area contributed by atoms with Crippen LogP contribution in [0.3, 0.4) is 0 Å². The van der Waals surface area contributed by atoms with Gasteiger partial charge in [-0.1, -0.05) is 238 Å². The van der Waals surface area contributed by atoms with Gasteiger partial charge in [-0.2, -0.15) is 0 Å². The molecule has 0 saturated heterocycles. The Labute approximate surface area is 449 Å². The molecular weight excluding hydrogens is 901 g/mol. The zero-order valence-corrected chi connectivity index (χ0v) is 47.1. The minimum absolute atomic E-state index is 0.115. The van der Waals surface area contributed by atoms with E-state index in [9.17, 15) is 14.4 Å². The normalized spacial score (nSPS) is 13.1. The van der Waals surface area contributed by atoms with E-state index in [4.69, 9.17) is 14.2 Å². The van der Waals surface area contributed by atoms with Crippen LogP contribution in [-0.4, -0.2) is 37.2 Å². The van der Waals surface area contributed by atoms with Crippen molar-refractivity contribution in [2.24, 2.45) is 0 Å². The summed E-state index contributed by atoms with van der Waals surface area (Å²) in [5, 5.41) is 0. The highest BCUT2D eigenvalue weighted by Gasteiger charge is 2.19. The number of esters is 3. The third-order valence-corrected chi connectivity index (χ3v) is 12.1. The summed E-state index contributed by atoms with van der Waals surface area (Å²) in [7, 11) is 0. The van der Waals surface area contributed by atoms with Crippen molar-refractivity contribution in [2.75, 3.05) is 13.2 Å². The van der Waals surface area contributed by atoms with Crippen LogP contribution in [-0.2, 0) is 28.6 Å². The highest BCUT2D eigenvalue weighted by molar-refractivity contribution is 5.71. The molecule has 0 aliphatic carbocycles. The second-order valence-corrected chi connectivity index (χ2v) is 19.2. The number of hydrogen-bond acceptors (Lipinski definition) is 6. The molecule has 1 unspecified atom stereocenters. The molecule has 0 aromatic heterocycles. The fraction of sp³-hybridized carbons (Fsp3) is 0.627. The predicted octanol–water partition coefficient (Wildman–Crippen LogP) is 20.2. The lowest BCUT2D eigenvalue weighted by atomic mass is 10.1. The molecule has 0 radical (unpaired) electrons. The van der Waals surface area contributed by atoms with Gasteiger partial charge in [0, 0.05) is 19.3 Å². The topological polar surface area (TPSA) is 78.9 Å². The monoisotopic (exact) mass is 1010 g/mol. The molecule has 6 heteroatoms. The van der Waals surface area contributed by atoms with Gasteiger partial charge in [0.1, 0.15) is 13.2 Å². The van der Waals surface area contributed by atoms with Crippen molar-refractivity contribution in [3.63, 3.8) is 0 Å². The predicted molar refractivity (Wildman–Crippen MR) is 316 cm³/mol. The second-order valence-electron chi connectivity index (χ2n) is 19.2. The number of allylic oxidation sites excluding steroid dienone is 22. The first-order valence-electron chi connectivity index (χ1n) is 29.7. The van der Waals surface area contributed by atoms with Crippen molar-refractivity contribution < 1.29 is 28.6 Å². The first-order chi connectivity index (χ1) is 36.0. The molecule has 0 aromatic rings. The fourth-order valence-electron chi connectivity index (χ4n) is 7.68. The molecule has 0 N–H and O–H groups in total. The number of rotatable bonds is 52. The Morgan fingerprint density at radius 2 is 0.562 bits per heavy atom. The lowest BCUT2D eigenvalue weighted by Gasteiger charge is -2.18.